The summed E-state index contributed by atoms with van der Waals surface area (Å²) in [7, 11) is -2.44. The average molecular weight is 643 g/mol. The van der Waals surface area contributed by atoms with Crippen molar-refractivity contribution in [2.75, 3.05) is 38.7 Å². The molecule has 0 aromatic heterocycles. The van der Waals surface area contributed by atoms with E-state index in [0.717, 1.165) is 12.0 Å². The molecule has 12 nitrogen and oxygen atoms in total. The fourth-order valence-corrected chi connectivity index (χ4v) is 7.64. The highest BCUT2D eigenvalue weighted by atomic mass is 32.2. The van der Waals surface area contributed by atoms with Crippen LogP contribution < -0.4 is 16.0 Å². The van der Waals surface area contributed by atoms with Crippen LogP contribution in [-0.2, 0) is 35.4 Å². The van der Waals surface area contributed by atoms with Gasteiger partial charge in [-0.3, -0.25) is 4.79 Å². The molecule has 5 atom stereocenters. The standard InChI is InChI=1S/C32H42N4O8S/c1-19(2)16-36(45(40,41)22-10-11-25-24(15-22)29(20(3)33-4)30(38)34-25)17-27(37)26(14-21-8-6-5-7-9-21)35-32(39)44-28-18-43-31-23(28)12-13-42-31/h5-11,15,19,23,26-28,31,33,37H,12-14,16-18H2,1-4H3,(H,34,38)(H,35,39)/b29-20+. The van der Waals surface area contributed by atoms with E-state index in [1.165, 1.54) is 16.4 Å². The molecule has 2 aromatic rings. The molecule has 0 saturated carbocycles. The topological polar surface area (TPSA) is 156 Å². The van der Waals surface area contributed by atoms with Crippen LogP contribution in [0.25, 0.3) is 5.57 Å². The van der Waals surface area contributed by atoms with Gasteiger partial charge in [0.1, 0.15) is 6.10 Å². The lowest BCUT2D eigenvalue weighted by atomic mass is 10.0. The number of benzene rings is 2. The fraction of sp³-hybridized carbons (Fsp3) is 0.500. The molecule has 5 rings (SSSR count). The molecular weight excluding hydrogens is 600 g/mol. The van der Waals surface area contributed by atoms with Crippen LogP contribution in [0.4, 0.5) is 10.5 Å². The van der Waals surface area contributed by atoms with Crippen LogP contribution >= 0.6 is 0 Å². The predicted octanol–water partition coefficient (Wildman–Crippen LogP) is 2.70. The first-order valence-electron chi connectivity index (χ1n) is 15.2. The number of nitrogens with one attached hydrogen (secondary N) is 3. The zero-order valence-electron chi connectivity index (χ0n) is 26.0. The summed E-state index contributed by atoms with van der Waals surface area (Å²) in [5.74, 6) is -0.436. The fourth-order valence-electron chi connectivity index (χ4n) is 5.99. The molecule has 2 amide bonds. The minimum absolute atomic E-state index is 0.00597. The van der Waals surface area contributed by atoms with E-state index in [2.05, 4.69) is 16.0 Å². The molecule has 244 valence electrons. The molecule has 45 heavy (non-hydrogen) atoms. The minimum Gasteiger partial charge on any atom is -0.443 e. The van der Waals surface area contributed by atoms with Gasteiger partial charge in [0.15, 0.2) is 6.29 Å². The van der Waals surface area contributed by atoms with E-state index in [1.54, 1.807) is 20.0 Å². The minimum atomic E-state index is -4.13. The van der Waals surface area contributed by atoms with Crippen molar-refractivity contribution in [3.8, 4) is 0 Å². The van der Waals surface area contributed by atoms with Gasteiger partial charge in [-0.05, 0) is 49.4 Å². The first-order chi connectivity index (χ1) is 21.5. The Morgan fingerprint density at radius 2 is 1.91 bits per heavy atom. The van der Waals surface area contributed by atoms with Gasteiger partial charge < -0.3 is 35.3 Å². The highest BCUT2D eigenvalue weighted by molar-refractivity contribution is 7.89. The van der Waals surface area contributed by atoms with Crippen LogP contribution in [-0.4, -0.2) is 87.7 Å². The Bertz CT molecular complexity index is 1530. The van der Waals surface area contributed by atoms with Gasteiger partial charge in [-0.1, -0.05) is 44.2 Å². The van der Waals surface area contributed by atoms with Crippen LogP contribution in [0.1, 0.15) is 38.3 Å². The normalized spacial score (nSPS) is 23.4. The number of nitrogens with zero attached hydrogens (tertiary/aromatic N) is 1. The average Bonchev–Trinajstić information content (AvgIpc) is 3.71. The summed E-state index contributed by atoms with van der Waals surface area (Å²) in [6, 6.07) is 13.0. The highest BCUT2D eigenvalue weighted by Gasteiger charge is 2.44. The Balaban J connectivity index is 1.38. The van der Waals surface area contributed by atoms with E-state index in [0.29, 0.717) is 29.1 Å². The van der Waals surface area contributed by atoms with Gasteiger partial charge in [-0.2, -0.15) is 4.31 Å². The Morgan fingerprint density at radius 3 is 2.62 bits per heavy atom. The van der Waals surface area contributed by atoms with Crippen molar-refractivity contribution in [3.63, 3.8) is 0 Å². The predicted molar refractivity (Wildman–Crippen MR) is 167 cm³/mol. The number of alkyl carbamates (subject to hydrolysis) is 1. The number of carbonyl (C=O) groups excluding carboxylic acids is 2. The van der Waals surface area contributed by atoms with Crippen molar-refractivity contribution in [1.29, 1.82) is 0 Å². The van der Waals surface area contributed by atoms with E-state index in [1.807, 2.05) is 44.2 Å². The van der Waals surface area contributed by atoms with Gasteiger partial charge >= 0.3 is 6.09 Å². The number of ether oxygens (including phenoxy) is 3. The van der Waals surface area contributed by atoms with Crippen molar-refractivity contribution in [2.45, 2.75) is 63.0 Å². The Hall–Kier alpha value is -3.49. The summed E-state index contributed by atoms with van der Waals surface area (Å²) >= 11 is 0. The van der Waals surface area contributed by atoms with Crippen LogP contribution in [0.15, 0.2) is 59.1 Å². The molecule has 0 radical (unpaired) electrons. The Labute approximate surface area is 264 Å². The summed E-state index contributed by atoms with van der Waals surface area (Å²) in [6.45, 7) is 6.12. The van der Waals surface area contributed by atoms with Crippen molar-refractivity contribution in [2.24, 2.45) is 11.8 Å². The van der Waals surface area contributed by atoms with Gasteiger partial charge in [-0.15, -0.1) is 0 Å². The molecule has 2 fully saturated rings. The second-order valence-electron chi connectivity index (χ2n) is 12.1. The first-order valence-corrected chi connectivity index (χ1v) is 16.7. The smallest absolute Gasteiger partial charge is 0.407 e. The monoisotopic (exact) mass is 642 g/mol. The van der Waals surface area contributed by atoms with Crippen molar-refractivity contribution in [3.05, 3.63) is 65.4 Å². The number of aliphatic hydroxyl groups is 1. The van der Waals surface area contributed by atoms with Crippen molar-refractivity contribution in [1.82, 2.24) is 14.9 Å². The molecule has 5 unspecified atom stereocenters. The molecule has 0 aliphatic carbocycles. The largest absolute Gasteiger partial charge is 0.443 e. The molecular formula is C32H42N4O8S. The zero-order chi connectivity index (χ0) is 32.3. The van der Waals surface area contributed by atoms with E-state index in [9.17, 15) is 23.1 Å². The second kappa shape index (κ2) is 13.9. The van der Waals surface area contributed by atoms with E-state index < -0.39 is 34.4 Å². The van der Waals surface area contributed by atoms with E-state index in [4.69, 9.17) is 14.2 Å². The number of amides is 2. The van der Waals surface area contributed by atoms with Gasteiger partial charge in [0.25, 0.3) is 5.91 Å². The van der Waals surface area contributed by atoms with Crippen molar-refractivity contribution < 1.29 is 37.3 Å². The molecule has 13 heteroatoms. The lowest BCUT2D eigenvalue weighted by Crippen LogP contribution is -2.51. The van der Waals surface area contributed by atoms with Gasteiger partial charge in [0, 0.05) is 37.1 Å². The zero-order valence-corrected chi connectivity index (χ0v) is 26.8. The van der Waals surface area contributed by atoms with Gasteiger partial charge in [0.05, 0.1) is 41.7 Å². The quantitative estimate of drug-likeness (QED) is 0.256. The molecule has 2 aromatic carbocycles. The summed E-state index contributed by atoms with van der Waals surface area (Å²) in [6.07, 6.45) is -1.90. The number of aliphatic hydroxyl groups excluding tert-OH is 1. The Kier molecular flexibility index (Phi) is 10.1. The maximum absolute atomic E-state index is 14.1. The number of hydrogen-bond donors (Lipinski definition) is 4. The third-order valence-corrected chi connectivity index (χ3v) is 10.2. The second-order valence-corrected chi connectivity index (χ2v) is 14.0. The third kappa shape index (κ3) is 7.33. The molecule has 3 aliphatic rings. The van der Waals surface area contributed by atoms with Crippen LogP contribution in [0.3, 0.4) is 0 Å². The maximum atomic E-state index is 14.1. The van der Waals surface area contributed by atoms with E-state index >= 15 is 0 Å². The van der Waals surface area contributed by atoms with Crippen LogP contribution in [0.5, 0.6) is 0 Å². The van der Waals surface area contributed by atoms with Crippen LogP contribution in [0.2, 0.25) is 0 Å². The lowest BCUT2D eigenvalue weighted by molar-refractivity contribution is -0.110. The van der Waals surface area contributed by atoms with Crippen molar-refractivity contribution >= 4 is 33.3 Å². The number of carbonyl (C=O) groups is 2. The third-order valence-electron chi connectivity index (χ3n) is 8.39. The SMILES string of the molecule is CN/C(C)=C1/C(=O)Nc2ccc(S(=O)(=O)N(CC(C)C)CC(O)C(Cc3ccccc3)NC(=O)OC3COC4OCCC34)cc21. The summed E-state index contributed by atoms with van der Waals surface area (Å²) in [4.78, 5) is 25.7. The number of hydrogen-bond acceptors (Lipinski definition) is 9. The number of allylic oxidation sites excluding steroid dienone is 1. The number of anilines is 1. The Morgan fingerprint density at radius 1 is 1.16 bits per heavy atom. The molecule has 2 saturated heterocycles. The number of sulfonamides is 1. The van der Waals surface area contributed by atoms with Gasteiger partial charge in [-0.25, -0.2) is 13.2 Å². The molecule has 4 N–H and O–H groups in total. The number of fused-ring (bicyclic) bond motifs is 2. The molecule has 0 bridgehead atoms. The van der Waals surface area contributed by atoms with Crippen LogP contribution in [0, 0.1) is 11.8 Å². The summed E-state index contributed by atoms with van der Waals surface area (Å²) < 4.78 is 46.3. The lowest BCUT2D eigenvalue weighted by Gasteiger charge is -2.31. The molecule has 3 heterocycles. The summed E-state index contributed by atoms with van der Waals surface area (Å²) in [5, 5.41) is 20.1. The molecule has 0 spiro atoms. The van der Waals surface area contributed by atoms with E-state index in [-0.39, 0.29) is 55.0 Å². The maximum Gasteiger partial charge on any atom is 0.407 e. The highest BCUT2D eigenvalue weighted by Crippen LogP contribution is 2.36. The number of rotatable bonds is 12. The van der Waals surface area contributed by atoms with Gasteiger partial charge in [0.2, 0.25) is 10.0 Å². The first kappa shape index (κ1) is 32.9. The molecule has 3 aliphatic heterocycles. The summed E-state index contributed by atoms with van der Waals surface area (Å²) in [5.41, 5.74) is 2.83.